The fourth-order valence-electron chi connectivity index (χ4n) is 6.64. The molecule has 4 aromatic rings. The van der Waals surface area contributed by atoms with Gasteiger partial charge in [0, 0.05) is 29.8 Å². The third-order valence-corrected chi connectivity index (χ3v) is 10.5. The van der Waals surface area contributed by atoms with Crippen LogP contribution >= 0.6 is 0 Å². The van der Waals surface area contributed by atoms with Crippen molar-refractivity contribution in [2.75, 3.05) is 42.5 Å². The topological polar surface area (TPSA) is 140 Å². The van der Waals surface area contributed by atoms with Crippen molar-refractivity contribution in [2.45, 2.75) is 78.3 Å². The Bertz CT molecular complexity index is 2010. The quantitative estimate of drug-likeness (QED) is 0.248. The molecule has 12 nitrogen and oxygen atoms in total. The van der Waals surface area contributed by atoms with Gasteiger partial charge in [-0.25, -0.2) is 28.1 Å². The predicted molar refractivity (Wildman–Crippen MR) is 197 cm³/mol. The van der Waals surface area contributed by atoms with Crippen molar-refractivity contribution in [1.82, 2.24) is 24.8 Å². The number of sulfonamides is 1. The molecule has 1 saturated heterocycles. The first-order valence-corrected chi connectivity index (χ1v) is 18.9. The van der Waals surface area contributed by atoms with Gasteiger partial charge in [-0.15, -0.1) is 0 Å². The molecule has 1 amide bonds. The van der Waals surface area contributed by atoms with E-state index < -0.39 is 16.1 Å². The minimum absolute atomic E-state index is 0.0851. The van der Waals surface area contributed by atoms with Gasteiger partial charge >= 0.3 is 0 Å². The standard InChI is InChI=1S/C38H47N7O5S/c1-24(2)31-13-8-10-25(3)33(31)34-26(4)35-42-37(41-34)43-51(47,48)30-12-9-11-27(18-30)36(46)45(28(23-50-35)19-38(5,6)7)22-32-39-20-29(21-40-32)44-14-16-49-17-15-44/h8-13,18,20-21,24,28H,14-17,19,22-23H2,1-7H3,(H,41,42,43). The molecule has 1 fully saturated rings. The number of anilines is 2. The number of morpholine rings is 1. The number of carbonyl (C=O) groups excluding carboxylic acids is 1. The van der Waals surface area contributed by atoms with Crippen molar-refractivity contribution in [1.29, 1.82) is 0 Å². The predicted octanol–water partition coefficient (Wildman–Crippen LogP) is 6.15. The second-order valence-corrected chi connectivity index (χ2v) is 16.5. The molecule has 270 valence electrons. The third kappa shape index (κ3) is 8.15. The first-order valence-electron chi connectivity index (χ1n) is 17.4. The second kappa shape index (κ2) is 14.5. The maximum atomic E-state index is 14.5. The Balaban J connectivity index is 1.47. The lowest BCUT2D eigenvalue weighted by Crippen LogP contribution is -2.45. The number of amides is 1. The highest BCUT2D eigenvalue weighted by atomic mass is 32.2. The smallest absolute Gasteiger partial charge is 0.264 e. The summed E-state index contributed by atoms with van der Waals surface area (Å²) >= 11 is 0. The highest BCUT2D eigenvalue weighted by Gasteiger charge is 2.33. The van der Waals surface area contributed by atoms with Gasteiger partial charge in [0.1, 0.15) is 12.4 Å². The Kier molecular flexibility index (Phi) is 10.3. The van der Waals surface area contributed by atoms with Crippen LogP contribution in [-0.2, 0) is 21.3 Å². The van der Waals surface area contributed by atoms with Crippen molar-refractivity contribution in [3.63, 3.8) is 0 Å². The summed E-state index contributed by atoms with van der Waals surface area (Å²) in [6.45, 7) is 17.4. The largest absolute Gasteiger partial charge is 0.475 e. The number of benzene rings is 2. The van der Waals surface area contributed by atoms with Gasteiger partial charge in [-0.2, -0.15) is 4.98 Å². The minimum atomic E-state index is -4.20. The molecular formula is C38H47N7O5S. The van der Waals surface area contributed by atoms with Crippen LogP contribution in [-0.4, -0.2) is 78.1 Å². The number of nitrogens with zero attached hydrogens (tertiary/aromatic N) is 6. The Labute approximate surface area is 300 Å². The molecule has 2 aliphatic rings. The van der Waals surface area contributed by atoms with E-state index in [-0.39, 0.29) is 52.7 Å². The summed E-state index contributed by atoms with van der Waals surface area (Å²) in [6.07, 6.45) is 4.12. The van der Waals surface area contributed by atoms with Crippen LogP contribution in [0.25, 0.3) is 11.3 Å². The molecular weight excluding hydrogens is 667 g/mol. The molecule has 2 aliphatic heterocycles. The summed E-state index contributed by atoms with van der Waals surface area (Å²) < 4.78 is 42.3. The second-order valence-electron chi connectivity index (χ2n) is 14.8. The van der Waals surface area contributed by atoms with Gasteiger partial charge in [-0.1, -0.05) is 58.9 Å². The van der Waals surface area contributed by atoms with Crippen molar-refractivity contribution >= 4 is 27.6 Å². The van der Waals surface area contributed by atoms with Gasteiger partial charge in [0.2, 0.25) is 11.8 Å². The normalized spacial score (nSPS) is 18.0. The van der Waals surface area contributed by atoms with Gasteiger partial charge in [0.15, 0.2) is 0 Å². The Morgan fingerprint density at radius 1 is 1.00 bits per heavy atom. The highest BCUT2D eigenvalue weighted by molar-refractivity contribution is 7.92. The molecule has 2 aromatic carbocycles. The molecule has 0 radical (unpaired) electrons. The van der Waals surface area contributed by atoms with Crippen LogP contribution in [0.1, 0.15) is 79.8 Å². The fourth-order valence-corrected chi connectivity index (χ4v) is 7.63. The summed E-state index contributed by atoms with van der Waals surface area (Å²) in [5.41, 5.74) is 5.12. The van der Waals surface area contributed by atoms with E-state index in [2.05, 4.69) is 65.3 Å². The van der Waals surface area contributed by atoms with Gasteiger partial charge in [0.25, 0.3) is 15.9 Å². The summed E-state index contributed by atoms with van der Waals surface area (Å²) in [6, 6.07) is 11.7. The molecule has 0 aliphatic carbocycles. The number of aromatic nitrogens is 4. The number of aryl methyl sites for hydroxylation is 1. The van der Waals surface area contributed by atoms with Crippen molar-refractivity contribution < 1.29 is 22.7 Å². The number of fused-ring (bicyclic) bond motifs is 4. The lowest BCUT2D eigenvalue weighted by Gasteiger charge is -2.35. The Morgan fingerprint density at radius 3 is 2.39 bits per heavy atom. The number of hydrogen-bond donors (Lipinski definition) is 1. The zero-order valence-corrected chi connectivity index (χ0v) is 31.2. The first kappa shape index (κ1) is 36.2. The van der Waals surface area contributed by atoms with E-state index in [1.807, 2.05) is 26.0 Å². The lowest BCUT2D eigenvalue weighted by atomic mass is 9.87. The number of hydrogen-bond acceptors (Lipinski definition) is 10. The van der Waals surface area contributed by atoms with Crippen LogP contribution < -0.4 is 14.4 Å². The van der Waals surface area contributed by atoms with E-state index in [1.165, 1.54) is 12.1 Å². The van der Waals surface area contributed by atoms with E-state index >= 15 is 0 Å². The molecule has 4 bridgehead atoms. The molecule has 4 heterocycles. The van der Waals surface area contributed by atoms with Gasteiger partial charge in [-0.3, -0.25) is 4.79 Å². The lowest BCUT2D eigenvalue weighted by molar-refractivity contribution is 0.0504. The zero-order valence-electron chi connectivity index (χ0n) is 30.4. The Morgan fingerprint density at radius 2 is 1.71 bits per heavy atom. The van der Waals surface area contributed by atoms with Crippen LogP contribution in [0, 0.1) is 19.3 Å². The SMILES string of the molecule is Cc1cccc(C(C)C)c1-c1nc2nc(c1C)OCC(CC(C)(C)C)N(Cc1ncc(N3CCOCC3)cn1)C(=O)c1cccc(c1)S(=O)(=O)N2. The molecule has 1 unspecified atom stereocenters. The van der Waals surface area contributed by atoms with Crippen molar-refractivity contribution in [2.24, 2.45) is 5.41 Å². The molecule has 1 atom stereocenters. The van der Waals surface area contributed by atoms with Crippen LogP contribution in [0.2, 0.25) is 0 Å². The number of nitrogens with one attached hydrogen (secondary N) is 1. The van der Waals surface area contributed by atoms with Gasteiger partial charge < -0.3 is 19.3 Å². The van der Waals surface area contributed by atoms with Crippen molar-refractivity contribution in [3.05, 3.63) is 82.9 Å². The van der Waals surface area contributed by atoms with Crippen LogP contribution in [0.15, 0.2) is 59.8 Å². The van der Waals surface area contributed by atoms with E-state index in [0.717, 1.165) is 35.5 Å². The van der Waals surface area contributed by atoms with E-state index in [4.69, 9.17) is 14.5 Å². The number of rotatable bonds is 6. The minimum Gasteiger partial charge on any atom is -0.475 e. The maximum Gasteiger partial charge on any atom is 0.264 e. The highest BCUT2D eigenvalue weighted by Crippen LogP contribution is 2.37. The van der Waals surface area contributed by atoms with E-state index in [0.29, 0.717) is 36.7 Å². The van der Waals surface area contributed by atoms with Gasteiger partial charge in [-0.05, 0) is 60.9 Å². The molecule has 13 heteroatoms. The molecule has 51 heavy (non-hydrogen) atoms. The maximum absolute atomic E-state index is 14.5. The molecule has 1 N–H and O–H groups in total. The fraction of sp³-hybridized carbons (Fsp3) is 0.447. The van der Waals surface area contributed by atoms with Crippen LogP contribution in [0.5, 0.6) is 5.88 Å². The average Bonchev–Trinajstić information content (AvgIpc) is 3.09. The van der Waals surface area contributed by atoms with Crippen molar-refractivity contribution in [3.8, 4) is 17.1 Å². The monoisotopic (exact) mass is 713 g/mol. The van der Waals surface area contributed by atoms with Crippen LogP contribution in [0.3, 0.4) is 0 Å². The molecule has 0 saturated carbocycles. The average molecular weight is 714 g/mol. The summed E-state index contributed by atoms with van der Waals surface area (Å²) in [7, 11) is -4.20. The summed E-state index contributed by atoms with van der Waals surface area (Å²) in [5, 5.41) is 0. The number of carbonyl (C=O) groups is 1. The number of ether oxygens (including phenoxy) is 2. The zero-order chi connectivity index (χ0) is 36.5. The van der Waals surface area contributed by atoms with Gasteiger partial charge in [0.05, 0.1) is 54.5 Å². The third-order valence-electron chi connectivity index (χ3n) is 9.22. The van der Waals surface area contributed by atoms with Crippen LogP contribution in [0.4, 0.5) is 11.6 Å². The molecule has 6 rings (SSSR count). The van der Waals surface area contributed by atoms with E-state index in [9.17, 15) is 13.2 Å². The Hall–Kier alpha value is -4.62. The summed E-state index contributed by atoms with van der Waals surface area (Å²) in [4.78, 5) is 37.0. The first-order chi connectivity index (χ1) is 24.2. The van der Waals surface area contributed by atoms with E-state index in [1.54, 1.807) is 29.4 Å². The molecule has 0 spiro atoms. The molecule has 2 aromatic heterocycles. The summed E-state index contributed by atoms with van der Waals surface area (Å²) in [5.74, 6) is 0.396.